The molecule has 0 amide bonds. The summed E-state index contributed by atoms with van der Waals surface area (Å²) in [4.78, 5) is 5.18. The molecule has 0 atom stereocenters. The van der Waals surface area contributed by atoms with Gasteiger partial charge >= 0.3 is 0 Å². The minimum absolute atomic E-state index is 0.678. The lowest BCUT2D eigenvalue weighted by Crippen LogP contribution is -2.28. The summed E-state index contributed by atoms with van der Waals surface area (Å²) in [6.07, 6.45) is 4.31. The van der Waals surface area contributed by atoms with Crippen LogP contribution in [0.5, 0.6) is 0 Å². The van der Waals surface area contributed by atoms with Gasteiger partial charge in [-0.05, 0) is 37.9 Å². The molecule has 1 heterocycles. The van der Waals surface area contributed by atoms with Gasteiger partial charge in [-0.1, -0.05) is 6.42 Å². The third kappa shape index (κ3) is 3.03. The third-order valence-electron chi connectivity index (χ3n) is 3.14. The van der Waals surface area contributed by atoms with Gasteiger partial charge in [0.1, 0.15) is 0 Å². The smallest absolute Gasteiger partial charge is 0.0325 e. The van der Waals surface area contributed by atoms with E-state index in [0.717, 1.165) is 12.5 Å². The van der Waals surface area contributed by atoms with Crippen LogP contribution in [0.15, 0.2) is 12.1 Å². The molecule has 1 fully saturated rings. The molecule has 2 nitrogen and oxygen atoms in total. The Morgan fingerprint density at radius 1 is 1.40 bits per heavy atom. The van der Waals surface area contributed by atoms with Crippen LogP contribution in [-0.2, 0) is 13.1 Å². The molecule has 0 bridgehead atoms. The largest absolute Gasteiger partial charge is 0.326 e. The lowest BCUT2D eigenvalue weighted by atomic mass is 9.85. The minimum Gasteiger partial charge on any atom is -0.326 e. The summed E-state index contributed by atoms with van der Waals surface area (Å²) in [6, 6.07) is 4.36. The molecule has 84 valence electrons. The number of nitrogens with two attached hydrogens (primary N) is 1. The Hall–Kier alpha value is -0.380. The van der Waals surface area contributed by atoms with Crippen LogP contribution in [0.2, 0.25) is 0 Å². The van der Waals surface area contributed by atoms with E-state index in [0.29, 0.717) is 6.54 Å². The standard InChI is InChI=1S/C12H20N2S/c1-14(8-10-3-2-4-10)9-12-6-5-11(7-13)15-12/h5-6,10H,2-4,7-9,13H2,1H3. The lowest BCUT2D eigenvalue weighted by Gasteiger charge is -2.29. The van der Waals surface area contributed by atoms with Crippen molar-refractivity contribution < 1.29 is 0 Å². The molecule has 0 unspecified atom stereocenters. The van der Waals surface area contributed by atoms with Gasteiger partial charge in [-0.2, -0.15) is 0 Å². The lowest BCUT2D eigenvalue weighted by molar-refractivity contribution is 0.201. The van der Waals surface area contributed by atoms with Gasteiger partial charge in [-0.15, -0.1) is 11.3 Å². The van der Waals surface area contributed by atoms with E-state index in [1.54, 1.807) is 0 Å². The fraction of sp³-hybridized carbons (Fsp3) is 0.667. The van der Waals surface area contributed by atoms with Gasteiger partial charge in [-0.3, -0.25) is 0 Å². The molecule has 0 aromatic carbocycles. The zero-order chi connectivity index (χ0) is 10.7. The molecule has 1 aliphatic rings. The highest BCUT2D eigenvalue weighted by molar-refractivity contribution is 7.11. The van der Waals surface area contributed by atoms with E-state index in [2.05, 4.69) is 24.1 Å². The van der Waals surface area contributed by atoms with Gasteiger partial charge in [0.2, 0.25) is 0 Å². The van der Waals surface area contributed by atoms with Crippen LogP contribution < -0.4 is 5.73 Å². The molecular formula is C12H20N2S. The second-order valence-electron chi connectivity index (χ2n) is 4.57. The van der Waals surface area contributed by atoms with Crippen molar-refractivity contribution >= 4 is 11.3 Å². The second-order valence-corrected chi connectivity index (χ2v) is 5.82. The fourth-order valence-corrected chi connectivity index (χ4v) is 3.04. The van der Waals surface area contributed by atoms with Crippen LogP contribution in [0, 0.1) is 5.92 Å². The predicted molar refractivity (Wildman–Crippen MR) is 65.9 cm³/mol. The average molecular weight is 224 g/mol. The van der Waals surface area contributed by atoms with Gasteiger partial charge in [-0.25, -0.2) is 0 Å². The van der Waals surface area contributed by atoms with E-state index >= 15 is 0 Å². The monoisotopic (exact) mass is 224 g/mol. The van der Waals surface area contributed by atoms with E-state index in [4.69, 9.17) is 5.73 Å². The topological polar surface area (TPSA) is 29.3 Å². The van der Waals surface area contributed by atoms with E-state index in [1.165, 1.54) is 35.6 Å². The van der Waals surface area contributed by atoms with Gasteiger partial charge in [0, 0.05) is 29.4 Å². The summed E-state index contributed by atoms with van der Waals surface area (Å²) in [5.41, 5.74) is 5.60. The normalized spacial score (nSPS) is 17.0. The first-order chi connectivity index (χ1) is 7.28. The number of thiophene rings is 1. The maximum Gasteiger partial charge on any atom is 0.0325 e. The second kappa shape index (κ2) is 5.10. The first kappa shape index (κ1) is 11.1. The molecule has 3 heteroatoms. The number of hydrogen-bond acceptors (Lipinski definition) is 3. The molecular weight excluding hydrogens is 204 g/mol. The Labute approximate surface area is 96.1 Å². The summed E-state index contributed by atoms with van der Waals surface area (Å²) in [7, 11) is 2.22. The van der Waals surface area contributed by atoms with Crippen molar-refractivity contribution in [1.29, 1.82) is 0 Å². The molecule has 1 aromatic heterocycles. The van der Waals surface area contributed by atoms with E-state index in [-0.39, 0.29) is 0 Å². The number of nitrogens with zero attached hydrogens (tertiary/aromatic N) is 1. The van der Waals surface area contributed by atoms with Crippen molar-refractivity contribution in [2.45, 2.75) is 32.4 Å². The Kier molecular flexibility index (Phi) is 3.78. The van der Waals surface area contributed by atoms with Gasteiger partial charge in [0.15, 0.2) is 0 Å². The van der Waals surface area contributed by atoms with Crippen LogP contribution in [-0.4, -0.2) is 18.5 Å². The summed E-state index contributed by atoms with van der Waals surface area (Å²) in [5.74, 6) is 0.962. The van der Waals surface area contributed by atoms with Gasteiger partial charge in [0.05, 0.1) is 0 Å². The number of hydrogen-bond donors (Lipinski definition) is 1. The van der Waals surface area contributed by atoms with Crippen LogP contribution in [0.3, 0.4) is 0 Å². The molecule has 0 saturated heterocycles. The summed E-state index contributed by atoms with van der Waals surface area (Å²) < 4.78 is 0. The molecule has 0 radical (unpaired) electrons. The maximum absolute atomic E-state index is 5.60. The van der Waals surface area contributed by atoms with Gasteiger partial charge < -0.3 is 10.6 Å². The van der Waals surface area contributed by atoms with Gasteiger partial charge in [0.25, 0.3) is 0 Å². The van der Waals surface area contributed by atoms with E-state index < -0.39 is 0 Å². The van der Waals surface area contributed by atoms with Crippen molar-refractivity contribution in [2.75, 3.05) is 13.6 Å². The zero-order valence-corrected chi connectivity index (χ0v) is 10.2. The fourth-order valence-electron chi connectivity index (χ4n) is 2.06. The highest BCUT2D eigenvalue weighted by atomic mass is 32.1. The van der Waals surface area contributed by atoms with Crippen molar-refractivity contribution in [3.8, 4) is 0 Å². The van der Waals surface area contributed by atoms with Crippen molar-refractivity contribution in [2.24, 2.45) is 11.7 Å². The summed E-state index contributed by atoms with van der Waals surface area (Å²) in [6.45, 7) is 3.02. The Morgan fingerprint density at radius 2 is 2.13 bits per heavy atom. The maximum atomic E-state index is 5.60. The summed E-state index contributed by atoms with van der Waals surface area (Å²) in [5, 5.41) is 0. The molecule has 2 N–H and O–H groups in total. The predicted octanol–water partition coefficient (Wildman–Crippen LogP) is 2.44. The van der Waals surface area contributed by atoms with Crippen LogP contribution in [0.25, 0.3) is 0 Å². The van der Waals surface area contributed by atoms with Crippen molar-refractivity contribution in [1.82, 2.24) is 4.90 Å². The Balaban J connectivity index is 1.79. The molecule has 1 aromatic rings. The molecule has 1 saturated carbocycles. The minimum atomic E-state index is 0.678. The first-order valence-corrected chi connectivity index (χ1v) is 6.56. The summed E-state index contributed by atoms with van der Waals surface area (Å²) >= 11 is 1.85. The number of rotatable bonds is 5. The highest BCUT2D eigenvalue weighted by Crippen LogP contribution is 2.27. The highest BCUT2D eigenvalue weighted by Gasteiger charge is 2.19. The molecule has 15 heavy (non-hydrogen) atoms. The SMILES string of the molecule is CN(Cc1ccc(CN)s1)CC1CCC1. The molecule has 0 spiro atoms. The average Bonchev–Trinajstić information content (AvgIpc) is 2.59. The quantitative estimate of drug-likeness (QED) is 0.832. The zero-order valence-electron chi connectivity index (χ0n) is 9.41. The Bertz CT molecular complexity index is 304. The molecule has 0 aliphatic heterocycles. The van der Waals surface area contributed by atoms with Crippen LogP contribution in [0.4, 0.5) is 0 Å². The van der Waals surface area contributed by atoms with Crippen molar-refractivity contribution in [3.05, 3.63) is 21.9 Å². The third-order valence-corrected chi connectivity index (χ3v) is 4.23. The molecule has 1 aliphatic carbocycles. The molecule has 2 rings (SSSR count). The van der Waals surface area contributed by atoms with Crippen LogP contribution >= 0.6 is 11.3 Å². The van der Waals surface area contributed by atoms with Crippen LogP contribution in [0.1, 0.15) is 29.0 Å². The van der Waals surface area contributed by atoms with Crippen molar-refractivity contribution in [3.63, 3.8) is 0 Å². The van der Waals surface area contributed by atoms with E-state index in [1.807, 2.05) is 11.3 Å². The van der Waals surface area contributed by atoms with E-state index in [9.17, 15) is 0 Å². The Morgan fingerprint density at radius 3 is 2.67 bits per heavy atom. The first-order valence-electron chi connectivity index (χ1n) is 5.74.